The van der Waals surface area contributed by atoms with Crippen LogP contribution in [0.2, 0.25) is 10.2 Å². The largest absolute Gasteiger partial charge is 0.497 e. The second kappa shape index (κ2) is 5.51. The topological polar surface area (TPSA) is 22.1 Å². The zero-order chi connectivity index (χ0) is 15.0. The molecule has 0 aliphatic heterocycles. The number of fused-ring (bicyclic) bond motifs is 1. The molecule has 0 radical (unpaired) electrons. The standard InChI is InChI=1S/C16H10Cl2FNO/c1-21-10-3-5-12-13(8-16(18)20-15(12)7-10)11-4-2-9(19)6-14(11)17/h2-8H,1H3. The van der Waals surface area contributed by atoms with Crippen LogP contribution in [0.1, 0.15) is 0 Å². The lowest BCUT2D eigenvalue weighted by Crippen LogP contribution is -1.89. The minimum atomic E-state index is -0.380. The van der Waals surface area contributed by atoms with Crippen LogP contribution < -0.4 is 4.74 Å². The summed E-state index contributed by atoms with van der Waals surface area (Å²) < 4.78 is 18.4. The molecule has 0 unspecified atom stereocenters. The number of methoxy groups -OCH3 is 1. The van der Waals surface area contributed by atoms with E-state index in [4.69, 9.17) is 27.9 Å². The van der Waals surface area contributed by atoms with Crippen molar-refractivity contribution in [3.63, 3.8) is 0 Å². The first-order valence-electron chi connectivity index (χ1n) is 6.18. The number of halogens is 3. The lowest BCUT2D eigenvalue weighted by Gasteiger charge is -2.10. The Morgan fingerprint density at radius 1 is 1.00 bits per heavy atom. The van der Waals surface area contributed by atoms with Gasteiger partial charge in [0.25, 0.3) is 0 Å². The van der Waals surface area contributed by atoms with Crippen molar-refractivity contribution in [2.75, 3.05) is 7.11 Å². The molecule has 1 aromatic heterocycles. The maximum absolute atomic E-state index is 13.2. The minimum Gasteiger partial charge on any atom is -0.497 e. The Morgan fingerprint density at radius 3 is 2.52 bits per heavy atom. The molecule has 0 amide bonds. The Hall–Kier alpha value is -1.84. The van der Waals surface area contributed by atoms with Gasteiger partial charge in [0.15, 0.2) is 0 Å². The molecule has 2 aromatic carbocycles. The number of pyridine rings is 1. The van der Waals surface area contributed by atoms with Gasteiger partial charge in [-0.15, -0.1) is 0 Å². The van der Waals surface area contributed by atoms with Gasteiger partial charge in [-0.05, 0) is 42.0 Å². The van der Waals surface area contributed by atoms with E-state index in [9.17, 15) is 4.39 Å². The summed E-state index contributed by atoms with van der Waals surface area (Å²) in [7, 11) is 1.59. The van der Waals surface area contributed by atoms with E-state index in [1.165, 1.54) is 12.1 Å². The van der Waals surface area contributed by atoms with Crippen molar-refractivity contribution in [2.45, 2.75) is 0 Å². The fraction of sp³-hybridized carbons (Fsp3) is 0.0625. The number of benzene rings is 2. The molecule has 0 atom stereocenters. The first-order valence-corrected chi connectivity index (χ1v) is 6.94. The summed E-state index contributed by atoms with van der Waals surface area (Å²) in [6.45, 7) is 0. The Labute approximate surface area is 131 Å². The van der Waals surface area contributed by atoms with Crippen molar-refractivity contribution in [1.29, 1.82) is 0 Å². The molecule has 2 nitrogen and oxygen atoms in total. The van der Waals surface area contributed by atoms with Crippen LogP contribution in [0.4, 0.5) is 4.39 Å². The molecule has 0 aliphatic rings. The molecule has 106 valence electrons. The van der Waals surface area contributed by atoms with Crippen LogP contribution in [0.5, 0.6) is 5.75 Å². The SMILES string of the molecule is COc1ccc2c(-c3ccc(F)cc3Cl)cc(Cl)nc2c1. The van der Waals surface area contributed by atoms with Crippen LogP contribution in [-0.4, -0.2) is 12.1 Å². The Bertz CT molecular complexity index is 836. The van der Waals surface area contributed by atoms with Gasteiger partial charge < -0.3 is 4.74 Å². The van der Waals surface area contributed by atoms with Gasteiger partial charge in [-0.3, -0.25) is 0 Å². The minimum absolute atomic E-state index is 0.328. The summed E-state index contributed by atoms with van der Waals surface area (Å²) in [5, 5.41) is 1.54. The molecule has 3 rings (SSSR count). The van der Waals surface area contributed by atoms with Crippen LogP contribution in [0, 0.1) is 5.82 Å². The Morgan fingerprint density at radius 2 is 1.81 bits per heavy atom. The monoisotopic (exact) mass is 321 g/mol. The maximum Gasteiger partial charge on any atom is 0.130 e. The summed E-state index contributed by atoms with van der Waals surface area (Å²) in [5.41, 5.74) is 2.20. The first kappa shape index (κ1) is 14.1. The van der Waals surface area contributed by atoms with E-state index in [1.807, 2.05) is 12.1 Å². The highest BCUT2D eigenvalue weighted by molar-refractivity contribution is 6.34. The molecule has 0 saturated carbocycles. The second-order valence-corrected chi connectivity index (χ2v) is 5.29. The predicted octanol–water partition coefficient (Wildman–Crippen LogP) is 5.36. The number of aromatic nitrogens is 1. The van der Waals surface area contributed by atoms with Crippen molar-refractivity contribution < 1.29 is 9.13 Å². The van der Waals surface area contributed by atoms with Crippen molar-refractivity contribution in [3.05, 3.63) is 58.5 Å². The highest BCUT2D eigenvalue weighted by atomic mass is 35.5. The smallest absolute Gasteiger partial charge is 0.130 e. The van der Waals surface area contributed by atoms with Gasteiger partial charge in [0.05, 0.1) is 17.6 Å². The van der Waals surface area contributed by atoms with Crippen molar-refractivity contribution in [2.24, 2.45) is 0 Å². The summed E-state index contributed by atoms with van der Waals surface area (Å²) in [6.07, 6.45) is 0. The van der Waals surface area contributed by atoms with Gasteiger partial charge in [-0.25, -0.2) is 9.37 Å². The van der Waals surface area contributed by atoms with E-state index in [0.717, 1.165) is 10.9 Å². The molecular formula is C16H10Cl2FNO. The summed E-state index contributed by atoms with van der Waals surface area (Å²) in [4.78, 5) is 4.29. The fourth-order valence-electron chi connectivity index (χ4n) is 2.23. The molecule has 21 heavy (non-hydrogen) atoms. The van der Waals surface area contributed by atoms with Gasteiger partial charge in [0, 0.05) is 17.0 Å². The van der Waals surface area contributed by atoms with Crippen molar-refractivity contribution in [3.8, 4) is 16.9 Å². The average Bonchev–Trinajstić information content (AvgIpc) is 2.45. The lowest BCUT2D eigenvalue weighted by atomic mass is 10.0. The molecule has 0 fully saturated rings. The van der Waals surface area contributed by atoms with E-state index in [1.54, 1.807) is 25.3 Å². The highest BCUT2D eigenvalue weighted by Gasteiger charge is 2.11. The third-order valence-electron chi connectivity index (χ3n) is 3.21. The van der Waals surface area contributed by atoms with Gasteiger partial charge in [-0.1, -0.05) is 23.2 Å². The fourth-order valence-corrected chi connectivity index (χ4v) is 2.70. The molecule has 0 N–H and O–H groups in total. The molecular weight excluding hydrogens is 312 g/mol. The Kier molecular flexibility index (Phi) is 3.70. The molecule has 0 spiro atoms. The van der Waals surface area contributed by atoms with Crippen LogP contribution in [0.25, 0.3) is 22.0 Å². The lowest BCUT2D eigenvalue weighted by molar-refractivity contribution is 0.415. The molecule has 5 heteroatoms. The van der Waals surface area contributed by atoms with Crippen LogP contribution in [0.3, 0.4) is 0 Å². The quantitative estimate of drug-likeness (QED) is 0.593. The summed E-state index contributed by atoms with van der Waals surface area (Å²) >= 11 is 12.2. The van der Waals surface area contributed by atoms with Crippen LogP contribution in [0.15, 0.2) is 42.5 Å². The number of hydrogen-bond donors (Lipinski definition) is 0. The number of hydrogen-bond acceptors (Lipinski definition) is 2. The van der Waals surface area contributed by atoms with Gasteiger partial charge in [-0.2, -0.15) is 0 Å². The molecule has 1 heterocycles. The van der Waals surface area contributed by atoms with E-state index >= 15 is 0 Å². The Balaban J connectivity index is 2.31. The van der Waals surface area contributed by atoms with E-state index < -0.39 is 0 Å². The van der Waals surface area contributed by atoms with E-state index in [-0.39, 0.29) is 5.82 Å². The average molecular weight is 322 g/mol. The predicted molar refractivity (Wildman–Crippen MR) is 83.7 cm³/mol. The molecule has 0 aliphatic carbocycles. The van der Waals surface area contributed by atoms with Gasteiger partial charge in [0.2, 0.25) is 0 Å². The highest BCUT2D eigenvalue weighted by Crippen LogP contribution is 2.36. The van der Waals surface area contributed by atoms with Crippen LogP contribution >= 0.6 is 23.2 Å². The van der Waals surface area contributed by atoms with Crippen molar-refractivity contribution in [1.82, 2.24) is 4.98 Å². The number of nitrogens with zero attached hydrogens (tertiary/aromatic N) is 1. The molecule has 0 saturated heterocycles. The third kappa shape index (κ3) is 2.67. The third-order valence-corrected chi connectivity index (χ3v) is 3.71. The second-order valence-electron chi connectivity index (χ2n) is 4.50. The first-order chi connectivity index (χ1) is 10.1. The summed E-state index contributed by atoms with van der Waals surface area (Å²) in [5.74, 6) is 0.309. The number of rotatable bonds is 2. The number of ether oxygens (including phenoxy) is 1. The zero-order valence-corrected chi connectivity index (χ0v) is 12.5. The van der Waals surface area contributed by atoms with E-state index in [0.29, 0.717) is 27.0 Å². The molecule has 0 bridgehead atoms. The summed E-state index contributed by atoms with van der Waals surface area (Å²) in [6, 6.07) is 11.5. The normalized spacial score (nSPS) is 10.9. The van der Waals surface area contributed by atoms with Gasteiger partial charge in [0.1, 0.15) is 16.7 Å². The van der Waals surface area contributed by atoms with Gasteiger partial charge >= 0.3 is 0 Å². The van der Waals surface area contributed by atoms with Crippen molar-refractivity contribution >= 4 is 34.1 Å². The maximum atomic E-state index is 13.2. The molecule has 3 aromatic rings. The van der Waals surface area contributed by atoms with E-state index in [2.05, 4.69) is 4.98 Å². The van der Waals surface area contributed by atoms with Crippen LogP contribution in [-0.2, 0) is 0 Å². The zero-order valence-electron chi connectivity index (χ0n) is 11.0.